The van der Waals surface area contributed by atoms with Crippen LogP contribution in [-0.4, -0.2) is 65.9 Å². The Morgan fingerprint density at radius 2 is 1.93 bits per heavy atom. The van der Waals surface area contributed by atoms with Gasteiger partial charge in [0.05, 0.1) is 18.3 Å². The van der Waals surface area contributed by atoms with Crippen LogP contribution in [-0.2, 0) is 16.1 Å². The van der Waals surface area contributed by atoms with Crippen LogP contribution in [0.1, 0.15) is 23.5 Å². The molecule has 2 aromatic heterocycles. The van der Waals surface area contributed by atoms with E-state index in [0.29, 0.717) is 5.69 Å². The summed E-state index contributed by atoms with van der Waals surface area (Å²) < 4.78 is 0. The lowest BCUT2D eigenvalue weighted by atomic mass is 10.0. The van der Waals surface area contributed by atoms with E-state index in [1.165, 1.54) is 4.88 Å². The molecule has 3 heterocycles. The molecule has 1 aliphatic heterocycles. The number of likely N-dealkylation sites (N-methyl/N-ethyl adjacent to an activating group) is 1. The van der Waals surface area contributed by atoms with Crippen molar-refractivity contribution in [1.82, 2.24) is 25.4 Å². The number of rotatable bonds is 6. The van der Waals surface area contributed by atoms with E-state index >= 15 is 0 Å². The molecule has 150 valence electrons. The summed E-state index contributed by atoms with van der Waals surface area (Å²) in [7, 11) is 2.12. The molecule has 0 aromatic carbocycles. The lowest BCUT2D eigenvalue weighted by Gasteiger charge is -2.40. The first-order chi connectivity index (χ1) is 13.5. The fourth-order valence-electron chi connectivity index (χ4n) is 3.41. The Kier molecular flexibility index (Phi) is 7.13. The normalized spacial score (nSPS) is 17.6. The van der Waals surface area contributed by atoms with Gasteiger partial charge in [0.15, 0.2) is 0 Å². The molecule has 1 fully saturated rings. The van der Waals surface area contributed by atoms with Crippen LogP contribution < -0.4 is 10.6 Å². The lowest BCUT2D eigenvalue weighted by Crippen LogP contribution is -2.53. The maximum Gasteiger partial charge on any atom is 0.309 e. The first kappa shape index (κ1) is 20.4. The summed E-state index contributed by atoms with van der Waals surface area (Å²) >= 11 is 1.68. The number of aromatic nitrogens is 1. The molecule has 0 saturated carbocycles. The molecular formula is C20H27N5O2S. The van der Waals surface area contributed by atoms with Crippen molar-refractivity contribution in [2.45, 2.75) is 25.6 Å². The Hall–Kier alpha value is -2.29. The Morgan fingerprint density at radius 3 is 2.57 bits per heavy atom. The van der Waals surface area contributed by atoms with Gasteiger partial charge in [0.2, 0.25) is 0 Å². The third kappa shape index (κ3) is 5.37. The Labute approximate surface area is 169 Å². The van der Waals surface area contributed by atoms with Crippen molar-refractivity contribution in [3.8, 4) is 0 Å². The molecule has 0 bridgehead atoms. The van der Waals surface area contributed by atoms with Crippen LogP contribution in [0.5, 0.6) is 0 Å². The fourth-order valence-corrected chi connectivity index (χ4v) is 4.37. The molecule has 28 heavy (non-hydrogen) atoms. The number of pyridine rings is 1. The van der Waals surface area contributed by atoms with E-state index in [2.05, 4.69) is 38.5 Å². The van der Waals surface area contributed by atoms with Crippen molar-refractivity contribution in [3.05, 3.63) is 52.5 Å². The molecule has 2 aromatic rings. The fraction of sp³-hybridized carbons (Fsp3) is 0.450. The zero-order chi connectivity index (χ0) is 19.9. The van der Waals surface area contributed by atoms with Gasteiger partial charge in [-0.25, -0.2) is 0 Å². The van der Waals surface area contributed by atoms with E-state index in [4.69, 9.17) is 0 Å². The summed E-state index contributed by atoms with van der Waals surface area (Å²) in [5, 5.41) is 7.57. The van der Waals surface area contributed by atoms with Gasteiger partial charge in [-0.15, -0.1) is 11.3 Å². The van der Waals surface area contributed by atoms with Crippen molar-refractivity contribution in [3.63, 3.8) is 0 Å². The molecule has 2 amide bonds. The largest absolute Gasteiger partial charge is 0.343 e. The van der Waals surface area contributed by atoms with Gasteiger partial charge < -0.3 is 15.5 Å². The lowest BCUT2D eigenvalue weighted by molar-refractivity contribution is -0.140. The zero-order valence-electron chi connectivity index (χ0n) is 16.3. The molecule has 1 aliphatic rings. The highest BCUT2D eigenvalue weighted by molar-refractivity contribution is 7.10. The van der Waals surface area contributed by atoms with Gasteiger partial charge in [0.25, 0.3) is 0 Å². The highest BCUT2D eigenvalue weighted by Gasteiger charge is 2.31. The predicted octanol–water partition coefficient (Wildman–Crippen LogP) is 1.25. The molecule has 7 nitrogen and oxygen atoms in total. The van der Waals surface area contributed by atoms with Crippen LogP contribution in [0.4, 0.5) is 0 Å². The van der Waals surface area contributed by atoms with Crippen LogP contribution in [0.3, 0.4) is 0 Å². The van der Waals surface area contributed by atoms with Gasteiger partial charge in [-0.1, -0.05) is 12.1 Å². The van der Waals surface area contributed by atoms with Crippen molar-refractivity contribution in [2.75, 3.05) is 33.2 Å². The van der Waals surface area contributed by atoms with Gasteiger partial charge in [0, 0.05) is 43.3 Å². The maximum absolute atomic E-state index is 12.4. The maximum atomic E-state index is 12.4. The van der Waals surface area contributed by atoms with Gasteiger partial charge in [-0.2, -0.15) is 0 Å². The van der Waals surface area contributed by atoms with Crippen LogP contribution in [0.25, 0.3) is 0 Å². The SMILES string of the molecule is CC(NC(=O)C(=O)NCc1ccccn1)C(c1cccs1)N1CCN(C)CC1. The summed E-state index contributed by atoms with van der Waals surface area (Å²) in [6.45, 7) is 6.05. The molecule has 0 spiro atoms. The molecule has 2 N–H and O–H groups in total. The molecular weight excluding hydrogens is 374 g/mol. The van der Waals surface area contributed by atoms with Crippen molar-refractivity contribution in [2.24, 2.45) is 0 Å². The van der Waals surface area contributed by atoms with E-state index in [0.717, 1.165) is 26.2 Å². The minimum absolute atomic E-state index is 0.0567. The van der Waals surface area contributed by atoms with E-state index in [1.807, 2.05) is 30.5 Å². The van der Waals surface area contributed by atoms with Crippen molar-refractivity contribution < 1.29 is 9.59 Å². The minimum Gasteiger partial charge on any atom is -0.343 e. The highest BCUT2D eigenvalue weighted by atomic mass is 32.1. The zero-order valence-corrected chi connectivity index (χ0v) is 17.1. The number of carbonyl (C=O) groups excluding carboxylic acids is 2. The summed E-state index contributed by atoms with van der Waals surface area (Å²) in [5.41, 5.74) is 0.714. The number of piperazine rings is 1. The summed E-state index contributed by atoms with van der Waals surface area (Å²) in [4.78, 5) is 34.7. The molecule has 8 heteroatoms. The third-order valence-corrected chi connectivity index (χ3v) is 5.90. The molecule has 0 aliphatic carbocycles. The standard InChI is InChI=1S/C20H27N5O2S/c1-15(23-20(27)19(26)22-14-16-6-3-4-8-21-16)18(17-7-5-13-28-17)25-11-9-24(2)10-12-25/h3-8,13,15,18H,9-12,14H2,1-2H3,(H,22,26)(H,23,27). The second-order valence-corrected chi connectivity index (χ2v) is 8.04. The monoisotopic (exact) mass is 401 g/mol. The average molecular weight is 402 g/mol. The number of carbonyl (C=O) groups is 2. The minimum atomic E-state index is -0.638. The Morgan fingerprint density at radius 1 is 1.14 bits per heavy atom. The van der Waals surface area contributed by atoms with Gasteiger partial charge in [-0.05, 0) is 37.6 Å². The molecule has 0 radical (unpaired) electrons. The third-order valence-electron chi connectivity index (χ3n) is 4.96. The first-order valence-electron chi connectivity index (χ1n) is 9.49. The van der Waals surface area contributed by atoms with Gasteiger partial charge >= 0.3 is 11.8 Å². The second-order valence-electron chi connectivity index (χ2n) is 7.07. The summed E-state index contributed by atoms with van der Waals surface area (Å²) in [6.07, 6.45) is 1.66. The number of nitrogens with zero attached hydrogens (tertiary/aromatic N) is 3. The van der Waals surface area contributed by atoms with Crippen molar-refractivity contribution >= 4 is 23.2 Å². The number of hydrogen-bond donors (Lipinski definition) is 2. The molecule has 3 rings (SSSR count). The highest BCUT2D eigenvalue weighted by Crippen LogP contribution is 2.29. The van der Waals surface area contributed by atoms with E-state index < -0.39 is 11.8 Å². The summed E-state index contributed by atoms with van der Waals surface area (Å²) in [6, 6.07) is 9.45. The molecule has 2 atom stereocenters. The smallest absolute Gasteiger partial charge is 0.309 e. The number of hydrogen-bond acceptors (Lipinski definition) is 6. The quantitative estimate of drug-likeness (QED) is 0.713. The predicted molar refractivity (Wildman–Crippen MR) is 110 cm³/mol. The van der Waals surface area contributed by atoms with Crippen LogP contribution in [0.2, 0.25) is 0 Å². The molecule has 2 unspecified atom stereocenters. The number of amides is 2. The number of thiophene rings is 1. The van der Waals surface area contributed by atoms with E-state index in [1.54, 1.807) is 23.6 Å². The first-order valence-corrected chi connectivity index (χ1v) is 10.4. The van der Waals surface area contributed by atoms with E-state index in [9.17, 15) is 9.59 Å². The van der Waals surface area contributed by atoms with Crippen LogP contribution in [0, 0.1) is 0 Å². The van der Waals surface area contributed by atoms with Crippen molar-refractivity contribution in [1.29, 1.82) is 0 Å². The van der Waals surface area contributed by atoms with Crippen LogP contribution in [0.15, 0.2) is 41.9 Å². The van der Waals surface area contributed by atoms with Crippen LogP contribution >= 0.6 is 11.3 Å². The van der Waals surface area contributed by atoms with Gasteiger partial charge in [0.1, 0.15) is 0 Å². The van der Waals surface area contributed by atoms with E-state index in [-0.39, 0.29) is 18.6 Å². The summed E-state index contributed by atoms with van der Waals surface area (Å²) in [5.74, 6) is -1.25. The average Bonchev–Trinajstić information content (AvgIpc) is 3.22. The second kappa shape index (κ2) is 9.77. The topological polar surface area (TPSA) is 77.6 Å². The Bertz CT molecular complexity index is 760. The number of nitrogens with one attached hydrogen (secondary N) is 2. The van der Waals surface area contributed by atoms with Gasteiger partial charge in [-0.3, -0.25) is 19.5 Å². The Balaban J connectivity index is 1.60. The molecule has 1 saturated heterocycles.